The van der Waals surface area contributed by atoms with Gasteiger partial charge in [0, 0.05) is 5.69 Å². The van der Waals surface area contributed by atoms with Crippen molar-refractivity contribution in [3.8, 4) is 0 Å². The minimum absolute atomic E-state index is 0.0640. The first kappa shape index (κ1) is 19.4. The molecule has 0 fully saturated rings. The van der Waals surface area contributed by atoms with Crippen molar-refractivity contribution in [2.75, 3.05) is 11.1 Å². The highest BCUT2D eigenvalue weighted by molar-refractivity contribution is 6.33. The van der Waals surface area contributed by atoms with Gasteiger partial charge in [-0.05, 0) is 31.2 Å². The summed E-state index contributed by atoms with van der Waals surface area (Å²) in [5.74, 6) is -3.20. The minimum Gasteiger partial charge on any atom is -0.454 e. The zero-order valence-electron chi connectivity index (χ0n) is 14.5. The number of aryl methyl sites for hydroxylation is 1. The quantitative estimate of drug-likeness (QED) is 0.491. The van der Waals surface area contributed by atoms with Crippen LogP contribution in [0.2, 0.25) is 5.02 Å². The Morgan fingerprint density at radius 3 is 2.54 bits per heavy atom. The van der Waals surface area contributed by atoms with E-state index in [4.69, 9.17) is 22.1 Å². The van der Waals surface area contributed by atoms with Gasteiger partial charge in [-0.2, -0.15) is 15.0 Å². The molecule has 144 valence electrons. The summed E-state index contributed by atoms with van der Waals surface area (Å²) >= 11 is 5.75. The molecular formula is C18H14ClF2N5O2. The molecule has 3 N–H and O–H groups in total. The Kier molecular flexibility index (Phi) is 5.65. The van der Waals surface area contributed by atoms with E-state index in [0.29, 0.717) is 12.1 Å². The van der Waals surface area contributed by atoms with E-state index in [9.17, 15) is 13.6 Å². The number of nitrogen functional groups attached to an aromatic ring is 1. The number of rotatable bonds is 5. The average Bonchev–Trinajstić information content (AvgIpc) is 2.64. The zero-order chi connectivity index (χ0) is 20.3. The van der Waals surface area contributed by atoms with Gasteiger partial charge >= 0.3 is 5.97 Å². The number of nitrogens with two attached hydrogens (primary N) is 1. The van der Waals surface area contributed by atoms with Crippen LogP contribution in [0.15, 0.2) is 36.4 Å². The predicted octanol–water partition coefficient (Wildman–Crippen LogP) is 3.79. The van der Waals surface area contributed by atoms with Crippen molar-refractivity contribution in [3.63, 3.8) is 0 Å². The van der Waals surface area contributed by atoms with Crippen molar-refractivity contribution in [3.05, 3.63) is 70.0 Å². The first-order valence-corrected chi connectivity index (χ1v) is 8.35. The van der Waals surface area contributed by atoms with Gasteiger partial charge in [0.15, 0.2) is 24.1 Å². The molecule has 2 aromatic carbocycles. The maximum atomic E-state index is 13.3. The number of hydrogen-bond acceptors (Lipinski definition) is 7. The van der Waals surface area contributed by atoms with E-state index >= 15 is 0 Å². The van der Waals surface area contributed by atoms with Crippen molar-refractivity contribution in [2.45, 2.75) is 13.5 Å². The summed E-state index contributed by atoms with van der Waals surface area (Å²) in [7, 11) is 0. The lowest BCUT2D eigenvalue weighted by molar-refractivity contribution is 0.0461. The second-order valence-corrected chi connectivity index (χ2v) is 6.15. The van der Waals surface area contributed by atoms with Crippen LogP contribution in [0.5, 0.6) is 0 Å². The maximum absolute atomic E-state index is 13.3. The number of anilines is 3. The molecular weight excluding hydrogens is 392 g/mol. The number of hydrogen-bond donors (Lipinski definition) is 2. The van der Waals surface area contributed by atoms with E-state index in [-0.39, 0.29) is 34.9 Å². The Bertz CT molecular complexity index is 1030. The molecule has 3 rings (SSSR count). The Balaban J connectivity index is 1.72. The minimum atomic E-state index is -1.22. The first-order valence-electron chi connectivity index (χ1n) is 7.97. The van der Waals surface area contributed by atoms with E-state index < -0.39 is 17.6 Å². The smallest absolute Gasteiger partial charge is 0.340 e. The molecule has 0 aliphatic heterocycles. The summed E-state index contributed by atoms with van der Waals surface area (Å²) in [4.78, 5) is 24.0. The molecule has 0 saturated carbocycles. The highest BCUT2D eigenvalue weighted by atomic mass is 35.5. The molecule has 0 unspecified atom stereocenters. The van der Waals surface area contributed by atoms with Crippen molar-refractivity contribution in [1.82, 2.24) is 15.0 Å². The normalized spacial score (nSPS) is 10.6. The standard InChI is InChI=1S/C18H14ClF2N5O2/c1-9-2-4-10(5-3-9)23-18-25-15(24-17(22)26-18)8-28-16(27)11-6-13(20)14(21)7-12(11)19/h2-7H,8H2,1H3,(H3,22,23,24,25,26). The van der Waals surface area contributed by atoms with Crippen molar-refractivity contribution in [1.29, 1.82) is 0 Å². The molecule has 3 aromatic rings. The Labute approximate surface area is 163 Å². The highest BCUT2D eigenvalue weighted by Crippen LogP contribution is 2.21. The lowest BCUT2D eigenvalue weighted by Gasteiger charge is -2.09. The average molecular weight is 406 g/mol. The fourth-order valence-corrected chi connectivity index (χ4v) is 2.44. The topological polar surface area (TPSA) is 103 Å². The molecule has 0 saturated heterocycles. The third-order valence-electron chi connectivity index (χ3n) is 3.57. The predicted molar refractivity (Wildman–Crippen MR) is 99.2 cm³/mol. The highest BCUT2D eigenvalue weighted by Gasteiger charge is 2.17. The van der Waals surface area contributed by atoms with Crippen LogP contribution in [0.4, 0.5) is 26.4 Å². The van der Waals surface area contributed by atoms with Crippen LogP contribution in [0.25, 0.3) is 0 Å². The second kappa shape index (κ2) is 8.13. The van der Waals surface area contributed by atoms with E-state index in [1.165, 1.54) is 0 Å². The molecule has 0 radical (unpaired) electrons. The Hall–Kier alpha value is -3.33. The number of halogens is 3. The molecule has 28 heavy (non-hydrogen) atoms. The molecule has 0 spiro atoms. The molecule has 10 heteroatoms. The van der Waals surface area contributed by atoms with Crippen molar-refractivity contribution < 1.29 is 18.3 Å². The van der Waals surface area contributed by atoms with Crippen LogP contribution in [0.3, 0.4) is 0 Å². The monoisotopic (exact) mass is 405 g/mol. The van der Waals surface area contributed by atoms with Crippen LogP contribution in [-0.4, -0.2) is 20.9 Å². The molecule has 7 nitrogen and oxygen atoms in total. The van der Waals surface area contributed by atoms with Gasteiger partial charge in [0.2, 0.25) is 11.9 Å². The van der Waals surface area contributed by atoms with Crippen molar-refractivity contribution >= 4 is 35.2 Å². The fourth-order valence-electron chi connectivity index (χ4n) is 2.21. The number of ether oxygens (including phenoxy) is 1. The van der Waals surface area contributed by atoms with Crippen LogP contribution in [0.1, 0.15) is 21.7 Å². The van der Waals surface area contributed by atoms with E-state index in [2.05, 4.69) is 20.3 Å². The SMILES string of the molecule is Cc1ccc(Nc2nc(N)nc(COC(=O)c3cc(F)c(F)cc3Cl)n2)cc1. The molecule has 1 heterocycles. The van der Waals surface area contributed by atoms with Gasteiger partial charge < -0.3 is 15.8 Å². The zero-order valence-corrected chi connectivity index (χ0v) is 15.3. The Morgan fingerprint density at radius 1 is 1.14 bits per heavy atom. The summed E-state index contributed by atoms with van der Waals surface area (Å²) < 4.78 is 31.4. The molecule has 0 aliphatic carbocycles. The number of esters is 1. The van der Waals surface area contributed by atoms with Crippen LogP contribution in [0, 0.1) is 18.6 Å². The van der Waals surface area contributed by atoms with Crippen LogP contribution < -0.4 is 11.1 Å². The molecule has 0 bridgehead atoms. The van der Waals surface area contributed by atoms with Gasteiger partial charge in [-0.3, -0.25) is 0 Å². The summed E-state index contributed by atoms with van der Waals surface area (Å²) in [6, 6.07) is 8.83. The number of benzene rings is 2. The van der Waals surface area contributed by atoms with Gasteiger partial charge in [0.1, 0.15) is 0 Å². The lowest BCUT2D eigenvalue weighted by atomic mass is 10.2. The third kappa shape index (κ3) is 4.68. The van der Waals surface area contributed by atoms with Gasteiger partial charge in [-0.25, -0.2) is 13.6 Å². The Morgan fingerprint density at radius 2 is 1.82 bits per heavy atom. The van der Waals surface area contributed by atoms with E-state index in [1.54, 1.807) is 0 Å². The summed E-state index contributed by atoms with van der Waals surface area (Å²) in [6.07, 6.45) is 0. The number of nitrogens with one attached hydrogen (secondary N) is 1. The van der Waals surface area contributed by atoms with Gasteiger partial charge in [0.05, 0.1) is 10.6 Å². The van der Waals surface area contributed by atoms with E-state index in [1.807, 2.05) is 31.2 Å². The van der Waals surface area contributed by atoms with Gasteiger partial charge in [0.25, 0.3) is 0 Å². The molecule has 0 amide bonds. The molecule has 0 aliphatic rings. The molecule has 1 aromatic heterocycles. The molecule has 0 atom stereocenters. The number of nitrogens with zero attached hydrogens (tertiary/aromatic N) is 3. The van der Waals surface area contributed by atoms with Gasteiger partial charge in [-0.15, -0.1) is 0 Å². The van der Waals surface area contributed by atoms with E-state index in [0.717, 1.165) is 11.3 Å². The summed E-state index contributed by atoms with van der Waals surface area (Å²) in [6.45, 7) is 1.58. The summed E-state index contributed by atoms with van der Waals surface area (Å²) in [5, 5.41) is 2.68. The number of carbonyl (C=O) groups is 1. The largest absolute Gasteiger partial charge is 0.454 e. The van der Waals surface area contributed by atoms with Crippen LogP contribution >= 0.6 is 11.6 Å². The first-order chi connectivity index (χ1) is 13.3. The third-order valence-corrected chi connectivity index (χ3v) is 3.88. The van der Waals surface area contributed by atoms with Crippen molar-refractivity contribution in [2.24, 2.45) is 0 Å². The van der Waals surface area contributed by atoms with Crippen LogP contribution in [-0.2, 0) is 11.3 Å². The number of aromatic nitrogens is 3. The second-order valence-electron chi connectivity index (χ2n) is 5.75. The number of carbonyl (C=O) groups excluding carboxylic acids is 1. The summed E-state index contributed by atoms with van der Waals surface area (Å²) in [5.41, 5.74) is 7.16. The fraction of sp³-hybridized carbons (Fsp3) is 0.111. The lowest BCUT2D eigenvalue weighted by Crippen LogP contribution is -2.12. The maximum Gasteiger partial charge on any atom is 0.340 e. The van der Waals surface area contributed by atoms with Gasteiger partial charge in [-0.1, -0.05) is 29.3 Å².